The van der Waals surface area contributed by atoms with Crippen LogP contribution in [0.1, 0.15) is 58.8 Å². The Morgan fingerprint density at radius 1 is 1.00 bits per heavy atom. The summed E-state index contributed by atoms with van der Waals surface area (Å²) in [6.45, 7) is 5.49. The number of methoxy groups -OCH3 is 1. The van der Waals surface area contributed by atoms with Crippen LogP contribution in [0.25, 0.3) is 0 Å². The van der Waals surface area contributed by atoms with E-state index in [4.69, 9.17) is 9.47 Å². The van der Waals surface area contributed by atoms with Crippen molar-refractivity contribution in [1.82, 2.24) is 0 Å². The molecule has 0 aromatic rings. The molecule has 1 N–H and O–H groups in total. The molecular weight excluding hydrogens is 240 g/mol. The van der Waals surface area contributed by atoms with Crippen molar-refractivity contribution in [1.29, 1.82) is 0 Å². The maximum absolute atomic E-state index is 10.1. The molecule has 0 fully saturated rings. The predicted molar refractivity (Wildman–Crippen MR) is 80.1 cm³/mol. The molecule has 0 amide bonds. The Morgan fingerprint density at radius 3 is 2.42 bits per heavy atom. The van der Waals surface area contributed by atoms with Crippen molar-refractivity contribution in [2.24, 2.45) is 5.92 Å². The first-order valence-corrected chi connectivity index (χ1v) is 7.71. The van der Waals surface area contributed by atoms with Gasteiger partial charge in [-0.25, -0.2) is 0 Å². The Bertz CT molecular complexity index is 204. The Balaban J connectivity index is 4.01. The SMILES string of the molecule is CCCCCC[C@H](/C=C/OCCOC)[C@@H](O)CCC. The number of aliphatic hydroxyl groups is 1. The third-order valence-corrected chi connectivity index (χ3v) is 3.30. The van der Waals surface area contributed by atoms with Crippen molar-refractivity contribution in [2.75, 3.05) is 20.3 Å². The third-order valence-electron chi connectivity index (χ3n) is 3.30. The molecular formula is C16H32O3. The molecule has 0 heterocycles. The standard InChI is InChI=1S/C16H32O3/c1-4-6-7-8-10-15(16(17)9-5-2)11-12-19-14-13-18-3/h11-12,15-17H,4-10,13-14H2,1-3H3/b12-11+/t15-,16+/m1/s1. The van der Waals surface area contributed by atoms with Gasteiger partial charge in [0.15, 0.2) is 0 Å². The summed E-state index contributed by atoms with van der Waals surface area (Å²) in [5, 5.41) is 10.1. The topological polar surface area (TPSA) is 38.7 Å². The van der Waals surface area contributed by atoms with E-state index in [9.17, 15) is 5.11 Å². The summed E-state index contributed by atoms with van der Waals surface area (Å²) in [6.07, 6.45) is 11.4. The zero-order valence-electron chi connectivity index (χ0n) is 12.9. The molecule has 19 heavy (non-hydrogen) atoms. The monoisotopic (exact) mass is 272 g/mol. The van der Waals surface area contributed by atoms with E-state index in [-0.39, 0.29) is 12.0 Å². The molecule has 0 aliphatic heterocycles. The van der Waals surface area contributed by atoms with Gasteiger partial charge in [-0.1, -0.05) is 46.0 Å². The van der Waals surface area contributed by atoms with Gasteiger partial charge in [0, 0.05) is 13.0 Å². The van der Waals surface area contributed by atoms with Crippen LogP contribution < -0.4 is 0 Å². The van der Waals surface area contributed by atoms with Crippen LogP contribution in [0.5, 0.6) is 0 Å². The van der Waals surface area contributed by atoms with Crippen molar-refractivity contribution in [2.45, 2.75) is 64.9 Å². The van der Waals surface area contributed by atoms with E-state index in [1.807, 2.05) is 6.08 Å². The number of ether oxygens (including phenoxy) is 2. The average molecular weight is 272 g/mol. The number of unbranched alkanes of at least 4 members (excludes halogenated alkanes) is 3. The summed E-state index contributed by atoms with van der Waals surface area (Å²) in [4.78, 5) is 0. The highest BCUT2D eigenvalue weighted by Crippen LogP contribution is 2.19. The fraction of sp³-hybridized carbons (Fsp3) is 0.875. The van der Waals surface area contributed by atoms with E-state index in [1.54, 1.807) is 13.4 Å². The van der Waals surface area contributed by atoms with Crippen molar-refractivity contribution >= 4 is 0 Å². The first kappa shape index (κ1) is 18.5. The average Bonchev–Trinajstić information content (AvgIpc) is 2.41. The van der Waals surface area contributed by atoms with Crippen LogP contribution in [0.4, 0.5) is 0 Å². The fourth-order valence-corrected chi connectivity index (χ4v) is 2.09. The molecule has 3 heteroatoms. The molecule has 3 nitrogen and oxygen atoms in total. The van der Waals surface area contributed by atoms with Gasteiger partial charge < -0.3 is 14.6 Å². The molecule has 0 unspecified atom stereocenters. The van der Waals surface area contributed by atoms with Gasteiger partial charge >= 0.3 is 0 Å². The second-order valence-electron chi connectivity index (χ2n) is 5.06. The van der Waals surface area contributed by atoms with Crippen LogP contribution >= 0.6 is 0 Å². The molecule has 0 aliphatic carbocycles. The van der Waals surface area contributed by atoms with Crippen LogP contribution in [0.15, 0.2) is 12.3 Å². The quantitative estimate of drug-likeness (QED) is 0.408. The van der Waals surface area contributed by atoms with E-state index >= 15 is 0 Å². The highest BCUT2D eigenvalue weighted by molar-refractivity contribution is 4.87. The highest BCUT2D eigenvalue weighted by atomic mass is 16.5. The van der Waals surface area contributed by atoms with Gasteiger partial charge in [-0.15, -0.1) is 0 Å². The zero-order valence-corrected chi connectivity index (χ0v) is 12.9. The lowest BCUT2D eigenvalue weighted by molar-refractivity contribution is 0.106. The van der Waals surface area contributed by atoms with Gasteiger partial charge in [-0.2, -0.15) is 0 Å². The fourth-order valence-electron chi connectivity index (χ4n) is 2.09. The summed E-state index contributed by atoms with van der Waals surface area (Å²) in [5.41, 5.74) is 0. The van der Waals surface area contributed by atoms with Crippen molar-refractivity contribution in [3.05, 3.63) is 12.3 Å². The van der Waals surface area contributed by atoms with Crippen LogP contribution in [-0.4, -0.2) is 31.5 Å². The van der Waals surface area contributed by atoms with Gasteiger partial charge in [-0.05, 0) is 18.9 Å². The van der Waals surface area contributed by atoms with Crippen LogP contribution in [0, 0.1) is 5.92 Å². The smallest absolute Gasteiger partial charge is 0.111 e. The Kier molecular flexibility index (Phi) is 13.5. The van der Waals surface area contributed by atoms with E-state index in [1.165, 1.54) is 25.7 Å². The number of hydrogen-bond acceptors (Lipinski definition) is 3. The molecule has 0 saturated heterocycles. The Labute approximate surface area is 119 Å². The van der Waals surface area contributed by atoms with Crippen molar-refractivity contribution < 1.29 is 14.6 Å². The molecule has 2 atom stereocenters. The maximum Gasteiger partial charge on any atom is 0.111 e. The molecule has 0 aromatic carbocycles. The van der Waals surface area contributed by atoms with Crippen molar-refractivity contribution in [3.8, 4) is 0 Å². The van der Waals surface area contributed by atoms with Crippen LogP contribution in [0.3, 0.4) is 0 Å². The summed E-state index contributed by atoms with van der Waals surface area (Å²) in [6, 6.07) is 0. The summed E-state index contributed by atoms with van der Waals surface area (Å²) in [5.74, 6) is 0.222. The van der Waals surface area contributed by atoms with E-state index in [2.05, 4.69) is 13.8 Å². The number of hydrogen-bond donors (Lipinski definition) is 1. The van der Waals surface area contributed by atoms with Crippen molar-refractivity contribution in [3.63, 3.8) is 0 Å². The highest BCUT2D eigenvalue weighted by Gasteiger charge is 2.15. The van der Waals surface area contributed by atoms with Gasteiger partial charge in [-0.3, -0.25) is 0 Å². The molecule has 0 radical (unpaired) electrons. The van der Waals surface area contributed by atoms with Gasteiger partial charge in [0.2, 0.25) is 0 Å². The summed E-state index contributed by atoms with van der Waals surface area (Å²) >= 11 is 0. The molecule has 0 spiro atoms. The molecule has 0 aromatic heterocycles. The molecule has 0 saturated carbocycles. The lowest BCUT2D eigenvalue weighted by atomic mass is 9.92. The summed E-state index contributed by atoms with van der Waals surface area (Å²) in [7, 11) is 1.66. The maximum atomic E-state index is 10.1. The number of rotatable bonds is 13. The molecule has 114 valence electrons. The largest absolute Gasteiger partial charge is 0.499 e. The molecule has 0 rings (SSSR count). The predicted octanol–water partition coefficient (Wildman–Crippen LogP) is 3.91. The van der Waals surface area contributed by atoms with E-state index in [0.29, 0.717) is 13.2 Å². The van der Waals surface area contributed by atoms with Crippen LogP contribution in [-0.2, 0) is 9.47 Å². The first-order valence-electron chi connectivity index (χ1n) is 7.71. The normalized spacial score (nSPS) is 14.7. The molecule has 0 bridgehead atoms. The lowest BCUT2D eigenvalue weighted by Crippen LogP contribution is -2.18. The zero-order chi connectivity index (χ0) is 14.3. The second-order valence-corrected chi connectivity index (χ2v) is 5.06. The minimum Gasteiger partial charge on any atom is -0.499 e. The minimum absolute atomic E-state index is 0.222. The Hall–Kier alpha value is -0.540. The minimum atomic E-state index is -0.242. The second kappa shape index (κ2) is 13.9. The van der Waals surface area contributed by atoms with E-state index in [0.717, 1.165) is 19.3 Å². The van der Waals surface area contributed by atoms with E-state index < -0.39 is 0 Å². The molecule has 0 aliphatic rings. The lowest BCUT2D eigenvalue weighted by Gasteiger charge is -2.19. The first-order chi connectivity index (χ1) is 9.26. The Morgan fingerprint density at radius 2 is 1.79 bits per heavy atom. The van der Waals surface area contributed by atoms with Gasteiger partial charge in [0.05, 0.1) is 19.0 Å². The number of aliphatic hydroxyl groups excluding tert-OH is 1. The van der Waals surface area contributed by atoms with Gasteiger partial charge in [0.25, 0.3) is 0 Å². The summed E-state index contributed by atoms with van der Waals surface area (Å²) < 4.78 is 10.3. The third kappa shape index (κ3) is 11.0. The van der Waals surface area contributed by atoms with Crippen LogP contribution in [0.2, 0.25) is 0 Å². The van der Waals surface area contributed by atoms with Gasteiger partial charge in [0.1, 0.15) is 6.61 Å².